The standard InChI is InChI=1S/C18H36O/c1-3-5-7-9-11-13-15-17-18(19)16-14-12-10-8-6-4-2/h3-17H2,1-2H3. The Labute approximate surface area is 121 Å². The Hall–Kier alpha value is -0.330. The van der Waals surface area contributed by atoms with Gasteiger partial charge in [-0.15, -0.1) is 0 Å². The average molecular weight is 268 g/mol. The molecule has 1 nitrogen and oxygen atoms in total. The van der Waals surface area contributed by atoms with Crippen LogP contribution in [0.4, 0.5) is 0 Å². The summed E-state index contributed by atoms with van der Waals surface area (Å²) in [7, 11) is 0. The molecule has 0 rings (SSSR count). The van der Waals surface area contributed by atoms with E-state index in [9.17, 15) is 4.79 Å². The van der Waals surface area contributed by atoms with E-state index in [4.69, 9.17) is 0 Å². The number of hydrogen-bond acceptors (Lipinski definition) is 1. The van der Waals surface area contributed by atoms with Crippen molar-refractivity contribution < 1.29 is 4.79 Å². The Morgan fingerprint density at radius 3 is 1.21 bits per heavy atom. The van der Waals surface area contributed by atoms with Crippen LogP contribution in [0.1, 0.15) is 110 Å². The molecule has 0 aromatic heterocycles. The van der Waals surface area contributed by atoms with Gasteiger partial charge in [-0.05, 0) is 12.8 Å². The van der Waals surface area contributed by atoms with Crippen LogP contribution >= 0.6 is 0 Å². The summed E-state index contributed by atoms with van der Waals surface area (Å²) in [5.41, 5.74) is 0. The molecule has 0 bridgehead atoms. The van der Waals surface area contributed by atoms with Crippen molar-refractivity contribution in [3.8, 4) is 0 Å². The van der Waals surface area contributed by atoms with Crippen molar-refractivity contribution in [2.75, 3.05) is 0 Å². The van der Waals surface area contributed by atoms with Gasteiger partial charge in [-0.2, -0.15) is 0 Å². The number of carbonyl (C=O) groups is 1. The normalized spacial score (nSPS) is 10.8. The van der Waals surface area contributed by atoms with Crippen LogP contribution < -0.4 is 0 Å². The summed E-state index contributed by atoms with van der Waals surface area (Å²) in [6.45, 7) is 4.49. The molecule has 0 amide bonds. The van der Waals surface area contributed by atoms with Gasteiger partial charge in [0.1, 0.15) is 5.78 Å². The van der Waals surface area contributed by atoms with Crippen LogP contribution in [0.3, 0.4) is 0 Å². The smallest absolute Gasteiger partial charge is 0.132 e. The van der Waals surface area contributed by atoms with Crippen molar-refractivity contribution in [2.45, 2.75) is 110 Å². The van der Waals surface area contributed by atoms with Crippen molar-refractivity contribution in [3.05, 3.63) is 0 Å². The molecule has 0 aliphatic heterocycles. The van der Waals surface area contributed by atoms with E-state index < -0.39 is 0 Å². The van der Waals surface area contributed by atoms with Crippen molar-refractivity contribution >= 4 is 5.78 Å². The van der Waals surface area contributed by atoms with E-state index in [1.165, 1.54) is 70.6 Å². The molecule has 0 radical (unpaired) electrons. The first-order valence-electron chi connectivity index (χ1n) is 8.83. The maximum atomic E-state index is 11.7. The fraction of sp³-hybridized carbons (Fsp3) is 0.944. The highest BCUT2D eigenvalue weighted by Crippen LogP contribution is 2.11. The molecule has 0 aliphatic rings. The van der Waals surface area contributed by atoms with E-state index in [0.717, 1.165) is 25.7 Å². The predicted molar refractivity (Wildman–Crippen MR) is 85.6 cm³/mol. The van der Waals surface area contributed by atoms with Gasteiger partial charge in [-0.3, -0.25) is 4.79 Å². The second-order valence-corrected chi connectivity index (χ2v) is 5.93. The van der Waals surface area contributed by atoms with E-state index in [0.29, 0.717) is 5.78 Å². The third-order valence-electron chi connectivity index (χ3n) is 3.87. The summed E-state index contributed by atoms with van der Waals surface area (Å²) < 4.78 is 0. The third kappa shape index (κ3) is 15.6. The first-order valence-corrected chi connectivity index (χ1v) is 8.83. The maximum Gasteiger partial charge on any atom is 0.132 e. The van der Waals surface area contributed by atoms with Crippen molar-refractivity contribution in [1.29, 1.82) is 0 Å². The lowest BCUT2D eigenvalue weighted by molar-refractivity contribution is -0.119. The van der Waals surface area contributed by atoms with E-state index >= 15 is 0 Å². The lowest BCUT2D eigenvalue weighted by Gasteiger charge is -2.02. The highest BCUT2D eigenvalue weighted by atomic mass is 16.1. The van der Waals surface area contributed by atoms with Gasteiger partial charge in [0.15, 0.2) is 0 Å². The molecule has 0 aromatic carbocycles. The van der Waals surface area contributed by atoms with Gasteiger partial charge in [0.2, 0.25) is 0 Å². The zero-order chi connectivity index (χ0) is 14.2. The Bertz CT molecular complexity index is 186. The Morgan fingerprint density at radius 1 is 0.526 bits per heavy atom. The summed E-state index contributed by atoms with van der Waals surface area (Å²) in [5, 5.41) is 0. The lowest BCUT2D eigenvalue weighted by atomic mass is 10.0. The Morgan fingerprint density at radius 2 is 0.842 bits per heavy atom. The minimum Gasteiger partial charge on any atom is -0.300 e. The number of hydrogen-bond donors (Lipinski definition) is 0. The Kier molecular flexibility index (Phi) is 15.5. The second kappa shape index (κ2) is 15.7. The fourth-order valence-corrected chi connectivity index (χ4v) is 2.51. The van der Waals surface area contributed by atoms with Crippen LogP contribution in [-0.2, 0) is 4.79 Å². The monoisotopic (exact) mass is 268 g/mol. The summed E-state index contributed by atoms with van der Waals surface area (Å²) in [6.07, 6.45) is 18.5. The molecular weight excluding hydrogens is 232 g/mol. The molecule has 0 spiro atoms. The molecular formula is C18H36O. The van der Waals surface area contributed by atoms with Crippen LogP contribution in [0.15, 0.2) is 0 Å². The minimum atomic E-state index is 0.504. The molecule has 19 heavy (non-hydrogen) atoms. The van der Waals surface area contributed by atoms with Crippen LogP contribution in [0.5, 0.6) is 0 Å². The number of unbranched alkanes of at least 4 members (excludes halogenated alkanes) is 11. The highest BCUT2D eigenvalue weighted by molar-refractivity contribution is 5.78. The molecule has 114 valence electrons. The van der Waals surface area contributed by atoms with Crippen molar-refractivity contribution in [2.24, 2.45) is 0 Å². The summed E-state index contributed by atoms with van der Waals surface area (Å²) in [6, 6.07) is 0. The number of ketones is 1. The van der Waals surface area contributed by atoms with Gasteiger partial charge < -0.3 is 0 Å². The summed E-state index contributed by atoms with van der Waals surface area (Å²) in [5.74, 6) is 0.504. The molecule has 0 heterocycles. The molecule has 1 heteroatoms. The fourth-order valence-electron chi connectivity index (χ4n) is 2.51. The average Bonchev–Trinajstić information content (AvgIpc) is 2.41. The van der Waals surface area contributed by atoms with Crippen LogP contribution in [-0.4, -0.2) is 5.78 Å². The molecule has 0 aromatic rings. The maximum absolute atomic E-state index is 11.7. The molecule has 0 fully saturated rings. The third-order valence-corrected chi connectivity index (χ3v) is 3.87. The highest BCUT2D eigenvalue weighted by Gasteiger charge is 2.01. The van der Waals surface area contributed by atoms with E-state index in [-0.39, 0.29) is 0 Å². The number of rotatable bonds is 15. The van der Waals surface area contributed by atoms with Crippen LogP contribution in [0, 0.1) is 0 Å². The first-order chi connectivity index (χ1) is 9.31. The zero-order valence-electron chi connectivity index (χ0n) is 13.5. The lowest BCUT2D eigenvalue weighted by Crippen LogP contribution is -1.97. The number of Topliss-reactive ketones (excluding diaryl/α,β-unsaturated/α-hetero) is 1. The minimum absolute atomic E-state index is 0.504. The zero-order valence-corrected chi connectivity index (χ0v) is 13.5. The molecule has 0 saturated carbocycles. The topological polar surface area (TPSA) is 17.1 Å². The Balaban J connectivity index is 3.13. The van der Waals surface area contributed by atoms with Crippen LogP contribution in [0.2, 0.25) is 0 Å². The van der Waals surface area contributed by atoms with Crippen LogP contribution in [0.25, 0.3) is 0 Å². The first kappa shape index (κ1) is 18.7. The van der Waals surface area contributed by atoms with Crippen molar-refractivity contribution in [1.82, 2.24) is 0 Å². The SMILES string of the molecule is CCCCCCCCCC(=O)CCCCCCCC. The summed E-state index contributed by atoms with van der Waals surface area (Å²) in [4.78, 5) is 11.7. The molecule has 0 N–H and O–H groups in total. The van der Waals surface area contributed by atoms with Gasteiger partial charge in [0.25, 0.3) is 0 Å². The largest absolute Gasteiger partial charge is 0.300 e. The second-order valence-electron chi connectivity index (χ2n) is 5.93. The van der Waals surface area contributed by atoms with Gasteiger partial charge in [0.05, 0.1) is 0 Å². The van der Waals surface area contributed by atoms with Gasteiger partial charge in [-0.25, -0.2) is 0 Å². The van der Waals surface area contributed by atoms with E-state index in [1.54, 1.807) is 0 Å². The van der Waals surface area contributed by atoms with E-state index in [2.05, 4.69) is 13.8 Å². The summed E-state index contributed by atoms with van der Waals surface area (Å²) >= 11 is 0. The van der Waals surface area contributed by atoms with Gasteiger partial charge in [-0.1, -0.05) is 84.5 Å². The van der Waals surface area contributed by atoms with Gasteiger partial charge in [0, 0.05) is 12.8 Å². The van der Waals surface area contributed by atoms with Crippen molar-refractivity contribution in [3.63, 3.8) is 0 Å². The van der Waals surface area contributed by atoms with E-state index in [1.807, 2.05) is 0 Å². The quantitative estimate of drug-likeness (QED) is 0.312. The predicted octanol–water partition coefficient (Wildman–Crippen LogP) is 6.45. The number of carbonyl (C=O) groups excluding carboxylic acids is 1. The molecule has 0 aliphatic carbocycles. The van der Waals surface area contributed by atoms with Gasteiger partial charge >= 0.3 is 0 Å². The molecule has 0 unspecified atom stereocenters. The molecule has 0 saturated heterocycles. The molecule has 0 atom stereocenters.